The van der Waals surface area contributed by atoms with E-state index < -0.39 is 0 Å². The molecule has 0 aliphatic rings. The standard InChI is InChI=1S/C10H17NO/c1-6(2)10(11)9-5-7(3)8(4)12-9/h5-6,10H,11H2,1-4H3/t10-/m1/s1. The summed E-state index contributed by atoms with van der Waals surface area (Å²) in [5.74, 6) is 2.30. The lowest BCUT2D eigenvalue weighted by atomic mass is 10.0. The van der Waals surface area contributed by atoms with Gasteiger partial charge in [-0.3, -0.25) is 0 Å². The van der Waals surface area contributed by atoms with E-state index in [1.165, 1.54) is 5.56 Å². The van der Waals surface area contributed by atoms with Crippen LogP contribution in [-0.4, -0.2) is 0 Å². The van der Waals surface area contributed by atoms with Gasteiger partial charge in [0.2, 0.25) is 0 Å². The van der Waals surface area contributed by atoms with E-state index in [0.717, 1.165) is 11.5 Å². The van der Waals surface area contributed by atoms with Crippen molar-refractivity contribution in [1.29, 1.82) is 0 Å². The van der Waals surface area contributed by atoms with Crippen LogP contribution in [0.5, 0.6) is 0 Å². The Balaban J connectivity index is 2.89. The topological polar surface area (TPSA) is 39.2 Å². The average Bonchev–Trinajstić information content (AvgIpc) is 2.30. The largest absolute Gasteiger partial charge is 0.464 e. The second-order valence-corrected chi connectivity index (χ2v) is 3.66. The number of hydrogen-bond acceptors (Lipinski definition) is 2. The second-order valence-electron chi connectivity index (χ2n) is 3.66. The van der Waals surface area contributed by atoms with Crippen LogP contribution in [0.1, 0.15) is 37.0 Å². The van der Waals surface area contributed by atoms with E-state index in [1.54, 1.807) is 0 Å². The van der Waals surface area contributed by atoms with Gasteiger partial charge in [0.05, 0.1) is 6.04 Å². The first-order valence-electron chi connectivity index (χ1n) is 4.35. The van der Waals surface area contributed by atoms with Crippen LogP contribution < -0.4 is 5.73 Å². The van der Waals surface area contributed by atoms with Crippen molar-refractivity contribution in [3.63, 3.8) is 0 Å². The van der Waals surface area contributed by atoms with Crippen molar-refractivity contribution in [3.05, 3.63) is 23.2 Å². The van der Waals surface area contributed by atoms with Crippen molar-refractivity contribution in [2.24, 2.45) is 11.7 Å². The molecule has 0 radical (unpaired) electrons. The monoisotopic (exact) mass is 167 g/mol. The molecule has 1 aromatic heterocycles. The summed E-state index contributed by atoms with van der Waals surface area (Å²) >= 11 is 0. The summed E-state index contributed by atoms with van der Waals surface area (Å²) in [7, 11) is 0. The highest BCUT2D eigenvalue weighted by atomic mass is 16.3. The lowest BCUT2D eigenvalue weighted by Crippen LogP contribution is -2.15. The number of nitrogens with two attached hydrogens (primary N) is 1. The molecule has 1 atom stereocenters. The van der Waals surface area contributed by atoms with E-state index in [-0.39, 0.29) is 6.04 Å². The average molecular weight is 167 g/mol. The summed E-state index contributed by atoms with van der Waals surface area (Å²) in [6.07, 6.45) is 0. The van der Waals surface area contributed by atoms with E-state index in [1.807, 2.05) is 19.9 Å². The van der Waals surface area contributed by atoms with Gasteiger partial charge < -0.3 is 10.2 Å². The van der Waals surface area contributed by atoms with Gasteiger partial charge in [-0.25, -0.2) is 0 Å². The number of hydrogen-bond donors (Lipinski definition) is 1. The zero-order valence-corrected chi connectivity index (χ0v) is 8.22. The number of rotatable bonds is 2. The SMILES string of the molecule is Cc1cc([C@H](N)C(C)C)oc1C. The molecule has 0 aliphatic heterocycles. The van der Waals surface area contributed by atoms with Gasteiger partial charge in [-0.2, -0.15) is 0 Å². The van der Waals surface area contributed by atoms with E-state index in [4.69, 9.17) is 10.2 Å². The Morgan fingerprint density at radius 2 is 1.92 bits per heavy atom. The van der Waals surface area contributed by atoms with Crippen LogP contribution >= 0.6 is 0 Å². The minimum Gasteiger partial charge on any atom is -0.464 e. The van der Waals surface area contributed by atoms with E-state index in [0.29, 0.717) is 5.92 Å². The Labute approximate surface area is 73.8 Å². The Morgan fingerprint density at radius 1 is 1.33 bits per heavy atom. The molecule has 0 bridgehead atoms. The molecule has 0 saturated heterocycles. The normalized spacial score (nSPS) is 13.8. The maximum atomic E-state index is 5.93. The van der Waals surface area contributed by atoms with Crippen LogP contribution in [0.25, 0.3) is 0 Å². The summed E-state index contributed by atoms with van der Waals surface area (Å²) in [5.41, 5.74) is 7.11. The molecule has 12 heavy (non-hydrogen) atoms. The Kier molecular flexibility index (Phi) is 2.58. The van der Waals surface area contributed by atoms with Crippen LogP contribution in [-0.2, 0) is 0 Å². The quantitative estimate of drug-likeness (QED) is 0.735. The van der Waals surface area contributed by atoms with Gasteiger partial charge in [0.15, 0.2) is 0 Å². The van der Waals surface area contributed by atoms with Crippen molar-refractivity contribution in [1.82, 2.24) is 0 Å². The lowest BCUT2D eigenvalue weighted by Gasteiger charge is -2.11. The minimum absolute atomic E-state index is 0.0254. The lowest BCUT2D eigenvalue weighted by molar-refractivity contribution is 0.391. The molecular formula is C10H17NO. The van der Waals surface area contributed by atoms with Crippen molar-refractivity contribution < 1.29 is 4.42 Å². The molecule has 1 heterocycles. The predicted octanol–water partition coefficient (Wildman–Crippen LogP) is 2.55. The molecule has 1 rings (SSSR count). The molecular weight excluding hydrogens is 150 g/mol. The molecule has 0 spiro atoms. The summed E-state index contributed by atoms with van der Waals surface area (Å²) in [5, 5.41) is 0. The van der Waals surface area contributed by atoms with E-state index in [9.17, 15) is 0 Å². The molecule has 0 unspecified atom stereocenters. The zero-order chi connectivity index (χ0) is 9.30. The van der Waals surface area contributed by atoms with Gasteiger partial charge in [0.25, 0.3) is 0 Å². The molecule has 0 aliphatic carbocycles. The number of furan rings is 1. The van der Waals surface area contributed by atoms with Gasteiger partial charge in [-0.15, -0.1) is 0 Å². The molecule has 2 heteroatoms. The van der Waals surface area contributed by atoms with E-state index in [2.05, 4.69) is 13.8 Å². The summed E-state index contributed by atoms with van der Waals surface area (Å²) in [6.45, 7) is 8.19. The highest BCUT2D eigenvalue weighted by Gasteiger charge is 2.15. The fourth-order valence-corrected chi connectivity index (χ4v) is 1.09. The van der Waals surface area contributed by atoms with Gasteiger partial charge in [-0.05, 0) is 31.4 Å². The molecule has 68 valence electrons. The van der Waals surface area contributed by atoms with Gasteiger partial charge in [0, 0.05) is 0 Å². The fraction of sp³-hybridized carbons (Fsp3) is 0.600. The van der Waals surface area contributed by atoms with Crippen LogP contribution in [0.3, 0.4) is 0 Å². The smallest absolute Gasteiger partial charge is 0.121 e. The second kappa shape index (κ2) is 3.31. The van der Waals surface area contributed by atoms with Crippen molar-refractivity contribution in [2.45, 2.75) is 33.7 Å². The fourth-order valence-electron chi connectivity index (χ4n) is 1.09. The van der Waals surface area contributed by atoms with Crippen LogP contribution in [0.4, 0.5) is 0 Å². The predicted molar refractivity (Wildman–Crippen MR) is 49.9 cm³/mol. The highest BCUT2D eigenvalue weighted by Crippen LogP contribution is 2.23. The Bertz CT molecular complexity index is 243. The summed E-state index contributed by atoms with van der Waals surface area (Å²) in [4.78, 5) is 0. The third kappa shape index (κ3) is 1.69. The molecule has 1 aromatic rings. The zero-order valence-electron chi connectivity index (χ0n) is 8.22. The molecule has 2 nitrogen and oxygen atoms in total. The molecule has 0 fully saturated rings. The molecule has 0 saturated carbocycles. The first-order valence-corrected chi connectivity index (χ1v) is 4.35. The van der Waals surface area contributed by atoms with Crippen LogP contribution in [0.2, 0.25) is 0 Å². The Morgan fingerprint density at radius 3 is 2.25 bits per heavy atom. The van der Waals surface area contributed by atoms with Crippen LogP contribution in [0.15, 0.2) is 10.5 Å². The van der Waals surface area contributed by atoms with Gasteiger partial charge in [-0.1, -0.05) is 13.8 Å². The molecule has 0 aromatic carbocycles. The first-order chi connectivity index (χ1) is 5.52. The molecule has 0 amide bonds. The van der Waals surface area contributed by atoms with Gasteiger partial charge >= 0.3 is 0 Å². The third-order valence-electron chi connectivity index (χ3n) is 2.23. The maximum Gasteiger partial charge on any atom is 0.121 e. The van der Waals surface area contributed by atoms with Gasteiger partial charge in [0.1, 0.15) is 11.5 Å². The van der Waals surface area contributed by atoms with Crippen LogP contribution in [0, 0.1) is 19.8 Å². The third-order valence-corrected chi connectivity index (χ3v) is 2.23. The minimum atomic E-state index is 0.0254. The first kappa shape index (κ1) is 9.33. The van der Waals surface area contributed by atoms with Crippen molar-refractivity contribution in [3.8, 4) is 0 Å². The van der Waals surface area contributed by atoms with Crippen molar-refractivity contribution in [2.75, 3.05) is 0 Å². The number of aryl methyl sites for hydroxylation is 2. The summed E-state index contributed by atoms with van der Waals surface area (Å²) < 4.78 is 5.51. The summed E-state index contributed by atoms with van der Waals surface area (Å²) in [6, 6.07) is 2.05. The Hall–Kier alpha value is -0.760. The maximum absolute atomic E-state index is 5.93. The molecule has 2 N–H and O–H groups in total. The van der Waals surface area contributed by atoms with E-state index >= 15 is 0 Å². The highest BCUT2D eigenvalue weighted by molar-refractivity contribution is 5.20. The van der Waals surface area contributed by atoms with Crippen molar-refractivity contribution >= 4 is 0 Å².